The molecule has 3 heteroatoms. The molecule has 0 aliphatic rings. The second kappa shape index (κ2) is 13.3. The third-order valence-electron chi connectivity index (χ3n) is 6.17. The van der Waals surface area contributed by atoms with E-state index in [4.69, 9.17) is 0 Å². The molecule has 0 aromatic heterocycles. The first-order chi connectivity index (χ1) is 14.9. The third-order valence-corrected chi connectivity index (χ3v) is 16.1. The van der Waals surface area contributed by atoms with Crippen molar-refractivity contribution in [2.45, 2.75) is 71.1 Å². The van der Waals surface area contributed by atoms with Crippen molar-refractivity contribution >= 4 is 37.7 Å². The van der Waals surface area contributed by atoms with Crippen molar-refractivity contribution in [3.8, 4) is 0 Å². The van der Waals surface area contributed by atoms with E-state index in [1.165, 1.54) is 39.1 Å². The van der Waals surface area contributed by atoms with Gasteiger partial charge in [-0.05, 0) is 13.8 Å². The molecule has 174 valence electrons. The summed E-state index contributed by atoms with van der Waals surface area (Å²) in [5, 5.41) is 6.42. The Morgan fingerprint density at radius 1 is 0.697 bits per heavy atom. The standard InChI is InChI=1S/C10H25Si2.2C10H9.Y/c1-8-9-10(11(2,3)4)12(5,6)7;2*1-8-5-6-9-3-2-4-10(9)7-8;/h10H,1,8-9H2,2-7H3;2*2-7H,1H3;/q3*-1;+3. The molecule has 0 unspecified atom stereocenters. The monoisotopic (exact) mass is 548 g/mol. The second-order valence-electron chi connectivity index (χ2n) is 11.2. The average molecular weight is 549 g/mol. The van der Waals surface area contributed by atoms with Gasteiger partial charge >= 0.3 is 32.7 Å². The Kier molecular flexibility index (Phi) is 12.2. The smallest absolute Gasteiger partial charge is 0.343 e. The van der Waals surface area contributed by atoms with E-state index in [-0.39, 0.29) is 32.7 Å². The summed E-state index contributed by atoms with van der Waals surface area (Å²) in [7, 11) is -1.84. The Hall–Kier alpha value is -0.802. The minimum Gasteiger partial charge on any atom is -0.343 e. The van der Waals surface area contributed by atoms with Crippen LogP contribution in [0, 0.1) is 20.8 Å². The topological polar surface area (TPSA) is 0 Å². The summed E-state index contributed by atoms with van der Waals surface area (Å²) < 4.78 is 0. The maximum absolute atomic E-state index is 4.00. The van der Waals surface area contributed by atoms with Gasteiger partial charge in [-0.1, -0.05) is 62.0 Å². The molecule has 0 saturated heterocycles. The van der Waals surface area contributed by atoms with Gasteiger partial charge in [0.25, 0.3) is 0 Å². The molecular formula is C30H43Si2Y. The van der Waals surface area contributed by atoms with Crippen molar-refractivity contribution in [1.82, 2.24) is 0 Å². The molecule has 0 spiro atoms. The minimum atomic E-state index is -0.921. The van der Waals surface area contributed by atoms with E-state index < -0.39 is 16.1 Å². The molecule has 0 radical (unpaired) electrons. The fraction of sp³-hybridized carbons (Fsp3) is 0.367. The first-order valence-electron chi connectivity index (χ1n) is 11.9. The van der Waals surface area contributed by atoms with Crippen molar-refractivity contribution in [2.24, 2.45) is 0 Å². The van der Waals surface area contributed by atoms with E-state index in [0.29, 0.717) is 0 Å². The zero-order valence-corrected chi connectivity index (χ0v) is 27.0. The molecule has 0 saturated carbocycles. The van der Waals surface area contributed by atoms with Gasteiger partial charge in [-0.25, -0.2) is 0 Å². The molecule has 0 aliphatic heterocycles. The van der Waals surface area contributed by atoms with Crippen molar-refractivity contribution in [3.05, 3.63) is 90.8 Å². The van der Waals surface area contributed by atoms with Crippen LogP contribution in [0.2, 0.25) is 44.4 Å². The molecule has 0 amide bonds. The average Bonchev–Trinajstić information content (AvgIpc) is 3.33. The Morgan fingerprint density at radius 3 is 1.39 bits per heavy atom. The fourth-order valence-corrected chi connectivity index (χ4v) is 17.4. The van der Waals surface area contributed by atoms with Crippen molar-refractivity contribution in [3.63, 3.8) is 0 Å². The summed E-state index contributed by atoms with van der Waals surface area (Å²) in [6.45, 7) is 23.3. The summed E-state index contributed by atoms with van der Waals surface area (Å²) in [4.78, 5) is 0. The zero-order chi connectivity index (χ0) is 23.9. The summed E-state index contributed by atoms with van der Waals surface area (Å²) in [6.07, 6.45) is 2.49. The van der Waals surface area contributed by atoms with Crippen LogP contribution in [0.5, 0.6) is 0 Å². The van der Waals surface area contributed by atoms with E-state index >= 15 is 0 Å². The predicted octanol–water partition coefficient (Wildman–Crippen LogP) is 9.92. The van der Waals surface area contributed by atoms with Crippen LogP contribution < -0.4 is 0 Å². The summed E-state index contributed by atoms with van der Waals surface area (Å²) >= 11 is 0. The van der Waals surface area contributed by atoms with Gasteiger partial charge in [0.1, 0.15) is 0 Å². The maximum atomic E-state index is 4.00. The van der Waals surface area contributed by atoms with Gasteiger partial charge in [-0.2, -0.15) is 41.5 Å². The number of hydrogen-bond donors (Lipinski definition) is 0. The first kappa shape index (κ1) is 30.2. The second-order valence-corrected chi connectivity index (χ2v) is 22.7. The third kappa shape index (κ3) is 9.76. The van der Waals surface area contributed by atoms with E-state index in [0.717, 1.165) is 11.6 Å². The molecular weight excluding hydrogens is 505 g/mol. The number of rotatable bonds is 4. The zero-order valence-electron chi connectivity index (χ0n) is 22.2. The van der Waals surface area contributed by atoms with Crippen LogP contribution in [0.15, 0.2) is 72.8 Å². The summed E-state index contributed by atoms with van der Waals surface area (Å²) in [6, 6.07) is 25.7. The van der Waals surface area contributed by atoms with E-state index in [1.54, 1.807) is 0 Å². The van der Waals surface area contributed by atoms with Crippen molar-refractivity contribution in [2.75, 3.05) is 0 Å². The number of aryl methyl sites for hydroxylation is 2. The predicted molar refractivity (Wildman–Crippen MR) is 154 cm³/mol. The normalized spacial score (nSPS) is 11.5. The van der Waals surface area contributed by atoms with Gasteiger partial charge < -0.3 is 6.92 Å². The summed E-state index contributed by atoms with van der Waals surface area (Å²) in [5.41, 5.74) is 2.66. The Bertz CT molecular complexity index is 1000. The van der Waals surface area contributed by atoms with Gasteiger partial charge in [0.05, 0.1) is 0 Å². The molecule has 0 N–H and O–H groups in total. The quantitative estimate of drug-likeness (QED) is 0.176. The molecule has 0 aliphatic carbocycles. The van der Waals surface area contributed by atoms with Gasteiger partial charge in [0.2, 0.25) is 0 Å². The van der Waals surface area contributed by atoms with Crippen LogP contribution in [0.3, 0.4) is 0 Å². The maximum Gasteiger partial charge on any atom is 3.00 e. The SMILES string of the molecule is Cc1ccc2[cH-]ccc2c1.Cc1ccc2[cH-]ccc2c1.[CH2-]CCC([Si](C)(C)C)[Si](C)(C)C.[Y+3]. The van der Waals surface area contributed by atoms with Gasteiger partial charge in [0, 0.05) is 16.1 Å². The Balaban J connectivity index is 0.000000244. The Labute approximate surface area is 230 Å². The number of fused-ring (bicyclic) bond motifs is 2. The van der Waals surface area contributed by atoms with Gasteiger partial charge in [-0.3, -0.25) is 0 Å². The fourth-order valence-electron chi connectivity index (χ4n) is 4.86. The van der Waals surface area contributed by atoms with Crippen LogP contribution in [0.4, 0.5) is 0 Å². The van der Waals surface area contributed by atoms with Gasteiger partial charge in [-0.15, -0.1) is 59.3 Å². The molecule has 33 heavy (non-hydrogen) atoms. The van der Waals surface area contributed by atoms with E-state index in [9.17, 15) is 0 Å². The van der Waals surface area contributed by atoms with Crippen molar-refractivity contribution < 1.29 is 32.7 Å². The number of benzene rings is 2. The van der Waals surface area contributed by atoms with Crippen molar-refractivity contribution in [1.29, 1.82) is 0 Å². The molecule has 4 aromatic carbocycles. The molecule has 4 aromatic rings. The van der Waals surface area contributed by atoms with Crippen LogP contribution >= 0.6 is 0 Å². The number of hydrogen-bond acceptors (Lipinski definition) is 0. The van der Waals surface area contributed by atoms with Gasteiger partial charge in [0.15, 0.2) is 0 Å². The molecule has 0 atom stereocenters. The van der Waals surface area contributed by atoms with Crippen LogP contribution in [-0.4, -0.2) is 16.1 Å². The largest absolute Gasteiger partial charge is 3.00 e. The molecule has 0 nitrogen and oxygen atoms in total. The van der Waals surface area contributed by atoms with E-state index in [1.807, 2.05) is 0 Å². The Morgan fingerprint density at radius 2 is 1.09 bits per heavy atom. The molecule has 0 fully saturated rings. The minimum absolute atomic E-state index is 0. The van der Waals surface area contributed by atoms with Crippen LogP contribution in [0.1, 0.15) is 24.0 Å². The molecule has 0 bridgehead atoms. The molecule has 0 heterocycles. The van der Waals surface area contributed by atoms with Crippen LogP contribution in [-0.2, 0) is 32.7 Å². The van der Waals surface area contributed by atoms with Crippen LogP contribution in [0.25, 0.3) is 21.5 Å². The van der Waals surface area contributed by atoms with E-state index in [2.05, 4.69) is 133 Å². The molecule has 4 rings (SSSR count). The summed E-state index contributed by atoms with van der Waals surface area (Å²) in [5.74, 6) is 0. The first-order valence-corrected chi connectivity index (χ1v) is 19.1.